The monoisotopic (exact) mass is 357 g/mol. The second-order valence-corrected chi connectivity index (χ2v) is 12.2. The molecule has 0 radical (unpaired) electrons. The fourth-order valence-corrected chi connectivity index (χ4v) is 5.09. The highest BCUT2D eigenvalue weighted by Crippen LogP contribution is 2.46. The second kappa shape index (κ2) is 6.56. The van der Waals surface area contributed by atoms with E-state index in [2.05, 4.69) is 73.8 Å². The molecule has 0 aromatic heterocycles. The van der Waals surface area contributed by atoms with E-state index in [4.69, 9.17) is 16.6 Å². The molecule has 1 heterocycles. The number of carbonyl (C=O) groups is 1. The first-order valence-electron chi connectivity index (χ1n) is 8.65. The molecule has 0 aliphatic carbocycles. The molecular formula is C18H35NO2SSi. The topological polar surface area (TPSA) is 38.3 Å². The maximum Gasteiger partial charge on any atom is 0.228 e. The summed E-state index contributed by atoms with van der Waals surface area (Å²) in [5, 5.41) is 3.11. The fourth-order valence-electron chi connectivity index (χ4n) is 3.46. The highest BCUT2D eigenvalue weighted by atomic mass is 32.1. The summed E-state index contributed by atoms with van der Waals surface area (Å²) in [6.07, 6.45) is 0. The maximum atomic E-state index is 12.5. The van der Waals surface area contributed by atoms with Crippen molar-refractivity contribution < 1.29 is 9.22 Å². The van der Waals surface area contributed by atoms with Gasteiger partial charge in [0.25, 0.3) is 0 Å². The van der Waals surface area contributed by atoms with Crippen LogP contribution in [0.25, 0.3) is 0 Å². The van der Waals surface area contributed by atoms with Gasteiger partial charge in [0.1, 0.15) is 0 Å². The van der Waals surface area contributed by atoms with E-state index in [-0.39, 0.29) is 34.6 Å². The van der Waals surface area contributed by atoms with E-state index in [9.17, 15) is 4.79 Å². The Kier molecular flexibility index (Phi) is 5.93. The zero-order valence-electron chi connectivity index (χ0n) is 16.5. The molecule has 1 aliphatic heterocycles. The second-order valence-electron chi connectivity index (χ2n) is 9.44. The van der Waals surface area contributed by atoms with Gasteiger partial charge in [-0.05, 0) is 30.8 Å². The van der Waals surface area contributed by atoms with E-state index in [1.54, 1.807) is 0 Å². The van der Waals surface area contributed by atoms with Crippen molar-refractivity contribution in [2.75, 3.05) is 0 Å². The SMILES string of the molecule is C[C@@H](C(=S)C(C)(C)C)[C@H]1NC(=O)[C@@H]1[C@@](C)(O[SiH](C)C)C(C)(C)C. The van der Waals surface area contributed by atoms with Crippen molar-refractivity contribution in [2.45, 2.75) is 80.1 Å². The first-order chi connectivity index (χ1) is 10.1. The highest BCUT2D eigenvalue weighted by Gasteiger charge is 2.58. The van der Waals surface area contributed by atoms with Crippen molar-refractivity contribution >= 4 is 32.0 Å². The number of hydrogen-bond acceptors (Lipinski definition) is 3. The summed E-state index contributed by atoms with van der Waals surface area (Å²) in [4.78, 5) is 13.5. The molecule has 134 valence electrons. The first-order valence-corrected chi connectivity index (χ1v) is 11.8. The van der Waals surface area contributed by atoms with Crippen LogP contribution >= 0.6 is 12.2 Å². The van der Waals surface area contributed by atoms with Gasteiger partial charge in [0, 0.05) is 10.8 Å². The van der Waals surface area contributed by atoms with Crippen molar-refractivity contribution in [1.29, 1.82) is 0 Å². The molecule has 3 nitrogen and oxygen atoms in total. The van der Waals surface area contributed by atoms with Gasteiger partial charge >= 0.3 is 0 Å². The van der Waals surface area contributed by atoms with Crippen molar-refractivity contribution in [3.05, 3.63) is 0 Å². The molecule has 0 unspecified atom stereocenters. The Hall–Kier alpha value is -0.263. The summed E-state index contributed by atoms with van der Waals surface area (Å²) >= 11 is 5.70. The molecule has 0 spiro atoms. The van der Waals surface area contributed by atoms with Crippen molar-refractivity contribution in [3.8, 4) is 0 Å². The average Bonchev–Trinajstić information content (AvgIpc) is 2.30. The summed E-state index contributed by atoms with van der Waals surface area (Å²) in [5.74, 6) is 0.116. The van der Waals surface area contributed by atoms with E-state index in [0.717, 1.165) is 4.86 Å². The van der Waals surface area contributed by atoms with Gasteiger partial charge in [-0.25, -0.2) is 0 Å². The zero-order valence-corrected chi connectivity index (χ0v) is 18.5. The van der Waals surface area contributed by atoms with Crippen LogP contribution in [0.1, 0.15) is 55.4 Å². The van der Waals surface area contributed by atoms with E-state index >= 15 is 0 Å². The molecule has 0 aromatic rings. The largest absolute Gasteiger partial charge is 0.414 e. The molecule has 1 fully saturated rings. The molecule has 1 rings (SSSR count). The van der Waals surface area contributed by atoms with Crippen LogP contribution in [0.3, 0.4) is 0 Å². The number of hydrogen-bond donors (Lipinski definition) is 1. The number of nitrogens with one attached hydrogen (secondary N) is 1. The van der Waals surface area contributed by atoms with E-state index < -0.39 is 14.6 Å². The average molecular weight is 358 g/mol. The minimum atomic E-state index is -1.29. The Bertz CT molecular complexity index is 478. The lowest BCUT2D eigenvalue weighted by Crippen LogP contribution is -2.72. The van der Waals surface area contributed by atoms with Gasteiger partial charge in [0.05, 0.1) is 17.6 Å². The summed E-state index contributed by atoms with van der Waals surface area (Å²) in [7, 11) is -1.29. The molecule has 1 N–H and O–H groups in total. The van der Waals surface area contributed by atoms with Gasteiger partial charge in [-0.2, -0.15) is 0 Å². The third-order valence-electron chi connectivity index (χ3n) is 5.21. The number of rotatable bonds is 5. The van der Waals surface area contributed by atoms with Crippen LogP contribution < -0.4 is 5.32 Å². The Morgan fingerprint density at radius 3 is 1.96 bits per heavy atom. The first kappa shape index (κ1) is 20.8. The number of amides is 1. The normalized spacial score (nSPS) is 26.3. The molecule has 0 bridgehead atoms. The quantitative estimate of drug-likeness (QED) is 0.460. The number of thiocarbonyl (C=S) groups is 1. The molecule has 0 aromatic carbocycles. The smallest absolute Gasteiger partial charge is 0.228 e. The van der Waals surface area contributed by atoms with Crippen LogP contribution in [-0.4, -0.2) is 31.5 Å². The van der Waals surface area contributed by atoms with E-state index in [1.165, 1.54) is 0 Å². The predicted molar refractivity (Wildman–Crippen MR) is 104 cm³/mol. The maximum absolute atomic E-state index is 12.5. The van der Waals surface area contributed by atoms with Gasteiger partial charge in [-0.3, -0.25) is 4.79 Å². The zero-order chi connectivity index (χ0) is 18.4. The van der Waals surface area contributed by atoms with Crippen LogP contribution in [-0.2, 0) is 9.22 Å². The Labute approximate surface area is 149 Å². The van der Waals surface area contributed by atoms with Crippen molar-refractivity contribution in [3.63, 3.8) is 0 Å². The van der Waals surface area contributed by atoms with Crippen LogP contribution in [0.15, 0.2) is 0 Å². The van der Waals surface area contributed by atoms with Crippen LogP contribution in [0.2, 0.25) is 13.1 Å². The lowest BCUT2D eigenvalue weighted by molar-refractivity contribution is -0.160. The van der Waals surface area contributed by atoms with Gasteiger partial charge < -0.3 is 9.74 Å². The highest BCUT2D eigenvalue weighted by molar-refractivity contribution is 7.80. The lowest BCUT2D eigenvalue weighted by atomic mass is 9.61. The van der Waals surface area contributed by atoms with Crippen molar-refractivity contribution in [2.24, 2.45) is 22.7 Å². The number of β-lactam (4-membered cyclic amide) rings is 1. The molecule has 1 aliphatic rings. The molecule has 4 atom stereocenters. The summed E-state index contributed by atoms with van der Waals surface area (Å²) in [5.41, 5.74) is -0.623. The Morgan fingerprint density at radius 2 is 1.65 bits per heavy atom. The summed E-state index contributed by atoms with van der Waals surface area (Å²) in [6, 6.07) is 0.0613. The van der Waals surface area contributed by atoms with E-state index in [0.29, 0.717) is 0 Å². The fraction of sp³-hybridized carbons (Fsp3) is 0.889. The summed E-state index contributed by atoms with van der Waals surface area (Å²) in [6.45, 7) is 21.5. The van der Waals surface area contributed by atoms with Crippen molar-refractivity contribution in [1.82, 2.24) is 5.32 Å². The minimum absolute atomic E-state index is 0.0363. The molecule has 0 saturated carbocycles. The molecule has 1 saturated heterocycles. The number of carbonyl (C=O) groups excluding carboxylic acids is 1. The Morgan fingerprint density at radius 1 is 1.17 bits per heavy atom. The minimum Gasteiger partial charge on any atom is -0.414 e. The standard InChI is InChI=1S/C18H35NO2SSi/c1-11(14(22)16(2,3)4)13-12(15(20)19-13)18(8,17(5,6)7)21-23(9)10/h11-13,23H,1-10H3,(H,19,20)/t11-,12-,13-,18-/m1/s1. The third-order valence-corrected chi connectivity index (χ3v) is 7.15. The van der Waals surface area contributed by atoms with E-state index in [1.807, 2.05) is 0 Å². The molecule has 5 heteroatoms. The van der Waals surface area contributed by atoms with Gasteiger partial charge in [0.15, 0.2) is 9.04 Å². The van der Waals surface area contributed by atoms with Crippen LogP contribution in [0.4, 0.5) is 0 Å². The van der Waals surface area contributed by atoms with Crippen LogP contribution in [0.5, 0.6) is 0 Å². The predicted octanol–water partition coefficient (Wildman–Crippen LogP) is 3.96. The van der Waals surface area contributed by atoms with Gasteiger partial charge in [-0.1, -0.05) is 60.7 Å². The molecule has 23 heavy (non-hydrogen) atoms. The summed E-state index contributed by atoms with van der Waals surface area (Å²) < 4.78 is 6.46. The molecular weight excluding hydrogens is 322 g/mol. The molecule has 1 amide bonds. The third kappa shape index (κ3) is 4.05. The lowest BCUT2D eigenvalue weighted by Gasteiger charge is -2.56. The van der Waals surface area contributed by atoms with Crippen LogP contribution in [0, 0.1) is 22.7 Å². The van der Waals surface area contributed by atoms with Gasteiger partial charge in [-0.15, -0.1) is 0 Å². The van der Waals surface area contributed by atoms with Gasteiger partial charge in [0.2, 0.25) is 5.91 Å². The Balaban J connectivity index is 3.16.